The Labute approximate surface area is 118 Å². The zero-order valence-electron chi connectivity index (χ0n) is 11.0. The molecule has 2 rings (SSSR count). The quantitative estimate of drug-likeness (QED) is 0.552. The molecule has 0 saturated carbocycles. The van der Waals surface area contributed by atoms with Crippen LogP contribution in [0.1, 0.15) is 44.9 Å². The van der Waals surface area contributed by atoms with Crippen LogP contribution < -0.4 is 0 Å². The average molecular weight is 288 g/mol. The summed E-state index contributed by atoms with van der Waals surface area (Å²) in [6, 6.07) is 0. The van der Waals surface area contributed by atoms with E-state index in [0.717, 1.165) is 32.3 Å². The summed E-state index contributed by atoms with van der Waals surface area (Å²) in [5, 5.41) is 0.511. The van der Waals surface area contributed by atoms with Crippen molar-refractivity contribution in [3.05, 3.63) is 0 Å². The first kappa shape index (κ1) is 14.7. The van der Waals surface area contributed by atoms with E-state index in [4.69, 9.17) is 31.2 Å². The lowest BCUT2D eigenvalue weighted by Crippen LogP contribution is -2.18. The fourth-order valence-corrected chi connectivity index (χ4v) is 2.32. The molecule has 0 aromatic rings. The predicted molar refractivity (Wildman–Crippen MR) is 71.6 cm³/mol. The van der Waals surface area contributed by atoms with Crippen LogP contribution in [0, 0.1) is 0 Å². The van der Waals surface area contributed by atoms with Crippen molar-refractivity contribution >= 4 is 23.2 Å². The van der Waals surface area contributed by atoms with Gasteiger partial charge in [0.1, 0.15) is 0 Å². The number of rotatable bonds is 6. The van der Waals surface area contributed by atoms with Gasteiger partial charge in [-0.15, -0.1) is 0 Å². The van der Waals surface area contributed by atoms with Crippen molar-refractivity contribution < 1.29 is 23.7 Å². The SMILES string of the molecule is O=C(CCCC(=S)OC1CCCO1)OC1CCCO1. The summed E-state index contributed by atoms with van der Waals surface area (Å²) >= 11 is 5.11. The Bertz CT molecular complexity index is 278. The topological polar surface area (TPSA) is 54.0 Å². The smallest absolute Gasteiger partial charge is 0.308 e. The Balaban J connectivity index is 1.52. The summed E-state index contributed by atoms with van der Waals surface area (Å²) in [6.45, 7) is 1.41. The molecular formula is C13H20O5S. The number of hydrogen-bond acceptors (Lipinski definition) is 6. The minimum atomic E-state index is -0.345. The van der Waals surface area contributed by atoms with E-state index in [1.54, 1.807) is 0 Å². The van der Waals surface area contributed by atoms with Crippen LogP contribution in [-0.2, 0) is 23.7 Å². The highest BCUT2D eigenvalue weighted by Crippen LogP contribution is 2.16. The summed E-state index contributed by atoms with van der Waals surface area (Å²) < 4.78 is 21.2. The van der Waals surface area contributed by atoms with Crippen LogP contribution in [-0.4, -0.2) is 36.8 Å². The Kier molecular flexibility index (Phi) is 6.00. The number of carbonyl (C=O) groups excluding carboxylic acids is 1. The van der Waals surface area contributed by atoms with Gasteiger partial charge in [0.2, 0.25) is 12.6 Å². The molecule has 0 aromatic carbocycles. The first-order valence-corrected chi connectivity index (χ1v) is 7.27. The van der Waals surface area contributed by atoms with Gasteiger partial charge in [-0.2, -0.15) is 0 Å². The molecule has 0 amide bonds. The fraction of sp³-hybridized carbons (Fsp3) is 0.846. The highest BCUT2D eigenvalue weighted by atomic mass is 32.1. The van der Waals surface area contributed by atoms with Crippen LogP contribution in [0.5, 0.6) is 0 Å². The third-order valence-corrected chi connectivity index (χ3v) is 3.36. The maximum absolute atomic E-state index is 11.5. The van der Waals surface area contributed by atoms with Crippen molar-refractivity contribution in [3.63, 3.8) is 0 Å². The lowest BCUT2D eigenvalue weighted by atomic mass is 10.2. The van der Waals surface area contributed by atoms with Gasteiger partial charge in [0.25, 0.3) is 0 Å². The van der Waals surface area contributed by atoms with Gasteiger partial charge < -0.3 is 18.9 Å². The highest BCUT2D eigenvalue weighted by molar-refractivity contribution is 7.80. The maximum atomic E-state index is 11.5. The Morgan fingerprint density at radius 1 is 1.05 bits per heavy atom. The molecule has 2 saturated heterocycles. The maximum Gasteiger partial charge on any atom is 0.308 e. The summed E-state index contributed by atoms with van der Waals surface area (Å²) in [7, 11) is 0. The Morgan fingerprint density at radius 2 is 1.68 bits per heavy atom. The molecule has 2 unspecified atom stereocenters. The second kappa shape index (κ2) is 7.77. The second-order valence-electron chi connectivity index (χ2n) is 4.72. The molecular weight excluding hydrogens is 268 g/mol. The molecule has 0 aliphatic carbocycles. The van der Waals surface area contributed by atoms with E-state index in [2.05, 4.69) is 0 Å². The van der Waals surface area contributed by atoms with Gasteiger partial charge in [-0.25, -0.2) is 0 Å². The van der Waals surface area contributed by atoms with Crippen molar-refractivity contribution in [2.45, 2.75) is 57.5 Å². The van der Waals surface area contributed by atoms with Gasteiger partial charge in [-0.1, -0.05) is 0 Å². The van der Waals surface area contributed by atoms with E-state index < -0.39 is 0 Å². The molecule has 0 spiro atoms. The zero-order chi connectivity index (χ0) is 13.5. The van der Waals surface area contributed by atoms with Gasteiger partial charge in [0.15, 0.2) is 5.05 Å². The summed E-state index contributed by atoms with van der Waals surface area (Å²) in [4.78, 5) is 11.5. The molecule has 5 nitrogen and oxygen atoms in total. The largest absolute Gasteiger partial charge is 0.458 e. The number of carbonyl (C=O) groups is 1. The molecule has 0 radical (unpaired) electrons. The molecule has 2 aliphatic heterocycles. The first-order chi connectivity index (χ1) is 9.24. The average Bonchev–Trinajstić information content (AvgIpc) is 3.02. The lowest BCUT2D eigenvalue weighted by Gasteiger charge is -2.13. The van der Waals surface area contributed by atoms with Crippen LogP contribution in [0.15, 0.2) is 0 Å². The summed E-state index contributed by atoms with van der Waals surface area (Å²) in [5.41, 5.74) is 0. The van der Waals surface area contributed by atoms with E-state index >= 15 is 0 Å². The van der Waals surface area contributed by atoms with E-state index in [1.807, 2.05) is 0 Å². The Hall–Kier alpha value is -0.720. The van der Waals surface area contributed by atoms with Crippen LogP contribution in [0.3, 0.4) is 0 Å². The number of esters is 1. The molecule has 0 N–H and O–H groups in total. The van der Waals surface area contributed by atoms with Crippen molar-refractivity contribution in [2.24, 2.45) is 0 Å². The Morgan fingerprint density at radius 3 is 2.26 bits per heavy atom. The molecule has 0 bridgehead atoms. The number of ether oxygens (including phenoxy) is 4. The predicted octanol–water partition coefficient (Wildman–Crippen LogP) is 2.32. The lowest BCUT2D eigenvalue weighted by molar-refractivity contribution is -0.169. The van der Waals surface area contributed by atoms with E-state index in [9.17, 15) is 4.79 Å². The molecule has 2 atom stereocenters. The van der Waals surface area contributed by atoms with Crippen LogP contribution in [0.2, 0.25) is 0 Å². The first-order valence-electron chi connectivity index (χ1n) is 6.86. The van der Waals surface area contributed by atoms with Crippen molar-refractivity contribution in [2.75, 3.05) is 13.2 Å². The van der Waals surface area contributed by atoms with Gasteiger partial charge in [0.05, 0.1) is 13.2 Å². The van der Waals surface area contributed by atoms with Crippen molar-refractivity contribution in [1.82, 2.24) is 0 Å². The van der Waals surface area contributed by atoms with Crippen LogP contribution in [0.25, 0.3) is 0 Å². The van der Waals surface area contributed by atoms with Gasteiger partial charge in [-0.3, -0.25) is 4.79 Å². The minimum absolute atomic E-state index is 0.189. The standard InChI is InChI=1S/C13H20O5S/c14-10(17-11-5-2-8-15-11)4-1-7-13(19)18-12-6-3-9-16-12/h11-12H,1-9H2. The summed E-state index contributed by atoms with van der Waals surface area (Å²) in [6.07, 6.45) is 4.68. The van der Waals surface area contributed by atoms with Crippen molar-refractivity contribution in [3.8, 4) is 0 Å². The molecule has 108 valence electrons. The molecule has 2 fully saturated rings. The molecule has 6 heteroatoms. The normalized spacial score (nSPS) is 26.3. The zero-order valence-corrected chi connectivity index (χ0v) is 11.8. The molecule has 2 aliphatic rings. The minimum Gasteiger partial charge on any atom is -0.458 e. The van der Waals surface area contributed by atoms with Crippen LogP contribution >= 0.6 is 12.2 Å². The van der Waals surface area contributed by atoms with Gasteiger partial charge in [0, 0.05) is 25.7 Å². The number of thiocarbonyl (C=S) groups is 1. The van der Waals surface area contributed by atoms with E-state index in [0.29, 0.717) is 30.9 Å². The van der Waals surface area contributed by atoms with Crippen molar-refractivity contribution in [1.29, 1.82) is 0 Å². The van der Waals surface area contributed by atoms with Gasteiger partial charge >= 0.3 is 5.97 Å². The highest BCUT2D eigenvalue weighted by Gasteiger charge is 2.20. The second-order valence-corrected chi connectivity index (χ2v) is 5.17. The molecule has 0 aromatic heterocycles. The monoisotopic (exact) mass is 288 g/mol. The summed E-state index contributed by atoms with van der Waals surface area (Å²) in [5.74, 6) is -0.230. The molecule has 2 heterocycles. The van der Waals surface area contributed by atoms with E-state index in [1.165, 1.54) is 0 Å². The van der Waals surface area contributed by atoms with E-state index in [-0.39, 0.29) is 18.5 Å². The number of hydrogen-bond donors (Lipinski definition) is 0. The van der Waals surface area contributed by atoms with Gasteiger partial charge in [-0.05, 0) is 31.5 Å². The fourth-order valence-electron chi connectivity index (χ4n) is 2.07. The van der Waals surface area contributed by atoms with Crippen LogP contribution in [0.4, 0.5) is 0 Å². The third-order valence-electron chi connectivity index (χ3n) is 3.06. The molecule has 19 heavy (non-hydrogen) atoms. The third kappa shape index (κ3) is 5.42.